The summed E-state index contributed by atoms with van der Waals surface area (Å²) in [6.45, 7) is 2.68. The lowest BCUT2D eigenvalue weighted by atomic mass is 10.1. The maximum atomic E-state index is 12.3. The van der Waals surface area contributed by atoms with Crippen molar-refractivity contribution in [2.75, 3.05) is 5.32 Å². The van der Waals surface area contributed by atoms with Crippen LogP contribution >= 0.6 is 0 Å². The molecule has 0 bridgehead atoms. The molecule has 9 nitrogen and oxygen atoms in total. The van der Waals surface area contributed by atoms with Crippen molar-refractivity contribution in [2.24, 2.45) is 0 Å². The summed E-state index contributed by atoms with van der Waals surface area (Å²) in [7, 11) is 0. The Morgan fingerprint density at radius 1 is 1.17 bits per heavy atom. The number of ether oxygens (including phenoxy) is 1. The third-order valence-corrected chi connectivity index (χ3v) is 4.14. The number of carbonyl (C=O) groups excluding carboxylic acids is 2. The van der Waals surface area contributed by atoms with Crippen LogP contribution in [0.15, 0.2) is 51.7 Å². The number of nitrogens with zero attached hydrogens (tertiary/aromatic N) is 1. The van der Waals surface area contributed by atoms with Gasteiger partial charge in [-0.15, -0.1) is 0 Å². The normalized spacial score (nSPS) is 10.6. The van der Waals surface area contributed by atoms with Crippen molar-refractivity contribution in [3.05, 3.63) is 79.7 Å². The Morgan fingerprint density at radius 2 is 1.93 bits per heavy atom. The van der Waals surface area contributed by atoms with E-state index in [2.05, 4.69) is 5.32 Å². The van der Waals surface area contributed by atoms with Crippen LogP contribution in [0.25, 0.3) is 11.0 Å². The molecule has 0 fully saturated rings. The zero-order valence-electron chi connectivity index (χ0n) is 15.6. The number of amides is 1. The molecule has 0 aliphatic rings. The van der Waals surface area contributed by atoms with Gasteiger partial charge in [-0.05, 0) is 31.2 Å². The third kappa shape index (κ3) is 4.46. The second-order valence-electron chi connectivity index (χ2n) is 6.32. The van der Waals surface area contributed by atoms with E-state index in [0.717, 1.165) is 0 Å². The van der Waals surface area contributed by atoms with Gasteiger partial charge in [0, 0.05) is 47.3 Å². The second-order valence-corrected chi connectivity index (χ2v) is 6.32. The van der Waals surface area contributed by atoms with Gasteiger partial charge in [0.25, 0.3) is 5.69 Å². The Balaban J connectivity index is 1.83. The predicted octanol–water partition coefficient (Wildman–Crippen LogP) is 3.33. The molecule has 9 heteroatoms. The van der Waals surface area contributed by atoms with E-state index in [1.165, 1.54) is 44.2 Å². The first-order valence-electron chi connectivity index (χ1n) is 8.51. The smallest absolute Gasteiger partial charge is 0.338 e. The number of anilines is 1. The van der Waals surface area contributed by atoms with Crippen LogP contribution in [0.1, 0.15) is 28.4 Å². The molecule has 0 atom stereocenters. The molecular weight excluding hydrogens is 380 g/mol. The molecule has 0 radical (unpaired) electrons. The summed E-state index contributed by atoms with van der Waals surface area (Å²) in [6, 6.07) is 9.92. The van der Waals surface area contributed by atoms with E-state index in [1.807, 2.05) is 0 Å². The summed E-state index contributed by atoms with van der Waals surface area (Å²) in [6.07, 6.45) is 0. The van der Waals surface area contributed by atoms with E-state index in [1.54, 1.807) is 12.1 Å². The SMILES string of the molecule is CC(=O)Nc1ccc2c(COC(=O)c3ccc([N+](=O)[O-])c(C)c3)cc(=O)oc2c1. The molecule has 1 heterocycles. The minimum Gasteiger partial charge on any atom is -0.457 e. The highest BCUT2D eigenvalue weighted by Crippen LogP contribution is 2.23. The molecule has 0 aliphatic carbocycles. The van der Waals surface area contributed by atoms with Crippen LogP contribution in [-0.2, 0) is 16.1 Å². The monoisotopic (exact) mass is 396 g/mol. The highest BCUT2D eigenvalue weighted by atomic mass is 16.6. The second kappa shape index (κ2) is 7.93. The van der Waals surface area contributed by atoms with Crippen molar-refractivity contribution in [1.29, 1.82) is 0 Å². The predicted molar refractivity (Wildman–Crippen MR) is 104 cm³/mol. The first-order chi connectivity index (χ1) is 13.7. The maximum Gasteiger partial charge on any atom is 0.338 e. The van der Waals surface area contributed by atoms with Crippen molar-refractivity contribution in [3.63, 3.8) is 0 Å². The fourth-order valence-corrected chi connectivity index (χ4v) is 2.84. The van der Waals surface area contributed by atoms with Gasteiger partial charge in [0.15, 0.2) is 0 Å². The van der Waals surface area contributed by atoms with Gasteiger partial charge in [0.1, 0.15) is 12.2 Å². The minimum atomic E-state index is -0.681. The molecule has 148 valence electrons. The van der Waals surface area contributed by atoms with Crippen LogP contribution in [0.4, 0.5) is 11.4 Å². The van der Waals surface area contributed by atoms with Crippen LogP contribution < -0.4 is 10.9 Å². The lowest BCUT2D eigenvalue weighted by molar-refractivity contribution is -0.385. The zero-order valence-corrected chi connectivity index (χ0v) is 15.6. The minimum absolute atomic E-state index is 0.0943. The lowest BCUT2D eigenvalue weighted by Crippen LogP contribution is -2.09. The Bertz CT molecular complexity index is 1200. The number of hydrogen-bond donors (Lipinski definition) is 1. The molecule has 0 saturated heterocycles. The maximum absolute atomic E-state index is 12.3. The molecule has 0 unspecified atom stereocenters. The summed E-state index contributed by atoms with van der Waals surface area (Å²) in [5, 5.41) is 14.0. The van der Waals surface area contributed by atoms with Gasteiger partial charge in [-0.3, -0.25) is 14.9 Å². The fraction of sp³-hybridized carbons (Fsp3) is 0.150. The standard InChI is InChI=1S/C20H16N2O7/c1-11-7-13(3-6-17(11)22(26)27)20(25)28-10-14-8-19(24)29-18-9-15(21-12(2)23)4-5-16(14)18/h3-9H,10H2,1-2H3,(H,21,23). The summed E-state index contributed by atoms with van der Waals surface area (Å²) >= 11 is 0. The molecule has 0 spiro atoms. The topological polar surface area (TPSA) is 129 Å². The molecule has 2 aromatic carbocycles. The van der Waals surface area contributed by atoms with E-state index >= 15 is 0 Å². The lowest BCUT2D eigenvalue weighted by Gasteiger charge is -2.09. The third-order valence-electron chi connectivity index (χ3n) is 4.14. The van der Waals surface area contributed by atoms with Crippen LogP contribution in [-0.4, -0.2) is 16.8 Å². The van der Waals surface area contributed by atoms with E-state index in [4.69, 9.17) is 9.15 Å². The average Bonchev–Trinajstić information content (AvgIpc) is 2.64. The Kier molecular flexibility index (Phi) is 5.40. The molecule has 3 aromatic rings. The molecule has 29 heavy (non-hydrogen) atoms. The van der Waals surface area contributed by atoms with E-state index in [0.29, 0.717) is 22.2 Å². The number of benzene rings is 2. The van der Waals surface area contributed by atoms with Crippen molar-refractivity contribution in [2.45, 2.75) is 20.5 Å². The van der Waals surface area contributed by atoms with Crippen molar-refractivity contribution in [1.82, 2.24) is 0 Å². The highest BCUT2D eigenvalue weighted by Gasteiger charge is 2.16. The van der Waals surface area contributed by atoms with E-state index < -0.39 is 16.5 Å². The van der Waals surface area contributed by atoms with Gasteiger partial charge in [-0.25, -0.2) is 9.59 Å². The number of nitro benzene ring substituents is 1. The van der Waals surface area contributed by atoms with E-state index in [-0.39, 0.29) is 29.3 Å². The van der Waals surface area contributed by atoms with Crippen molar-refractivity contribution < 1.29 is 23.7 Å². The van der Waals surface area contributed by atoms with Crippen molar-refractivity contribution >= 4 is 34.2 Å². The number of carbonyl (C=O) groups is 2. The largest absolute Gasteiger partial charge is 0.457 e. The van der Waals surface area contributed by atoms with Gasteiger partial charge in [0.2, 0.25) is 5.91 Å². The first-order valence-corrected chi connectivity index (χ1v) is 8.51. The molecule has 0 saturated carbocycles. The summed E-state index contributed by atoms with van der Waals surface area (Å²) in [4.78, 5) is 45.7. The zero-order chi connectivity index (χ0) is 21.1. The Morgan fingerprint density at radius 3 is 2.59 bits per heavy atom. The number of hydrogen-bond acceptors (Lipinski definition) is 7. The van der Waals surface area contributed by atoms with Crippen LogP contribution in [0, 0.1) is 17.0 Å². The average molecular weight is 396 g/mol. The van der Waals surface area contributed by atoms with Gasteiger partial charge >= 0.3 is 11.6 Å². The van der Waals surface area contributed by atoms with E-state index in [9.17, 15) is 24.5 Å². The van der Waals surface area contributed by atoms with Crippen LogP contribution in [0.5, 0.6) is 0 Å². The van der Waals surface area contributed by atoms with Gasteiger partial charge in [-0.2, -0.15) is 0 Å². The molecule has 1 N–H and O–H groups in total. The Labute approximate surface area is 164 Å². The molecule has 1 amide bonds. The summed E-state index contributed by atoms with van der Waals surface area (Å²) in [5.41, 5.74) is 0.897. The van der Waals surface area contributed by atoms with Crippen LogP contribution in [0.2, 0.25) is 0 Å². The first kappa shape index (κ1) is 19.7. The highest BCUT2D eigenvalue weighted by molar-refractivity contribution is 5.92. The van der Waals surface area contributed by atoms with Gasteiger partial charge in [-0.1, -0.05) is 0 Å². The number of aryl methyl sites for hydroxylation is 1. The molecule has 0 aliphatic heterocycles. The van der Waals surface area contributed by atoms with Crippen molar-refractivity contribution in [3.8, 4) is 0 Å². The number of rotatable bonds is 5. The quantitative estimate of drug-likeness (QED) is 0.303. The molecule has 3 rings (SSSR count). The summed E-state index contributed by atoms with van der Waals surface area (Å²) < 4.78 is 10.4. The molecule has 1 aromatic heterocycles. The number of fused-ring (bicyclic) bond motifs is 1. The summed E-state index contributed by atoms with van der Waals surface area (Å²) in [5.74, 6) is -0.950. The van der Waals surface area contributed by atoms with Gasteiger partial charge < -0.3 is 14.5 Å². The number of nitro groups is 1. The fourth-order valence-electron chi connectivity index (χ4n) is 2.84. The number of nitrogens with one attached hydrogen (secondary N) is 1. The Hall–Kier alpha value is -4.01. The van der Waals surface area contributed by atoms with Crippen LogP contribution in [0.3, 0.4) is 0 Å². The van der Waals surface area contributed by atoms with Gasteiger partial charge in [0.05, 0.1) is 10.5 Å². The number of esters is 1. The molecular formula is C20H16N2O7.